The van der Waals surface area contributed by atoms with Crippen LogP contribution in [0.4, 0.5) is 0 Å². The second kappa shape index (κ2) is 7.45. The minimum absolute atomic E-state index is 0.0692. The molecule has 0 radical (unpaired) electrons. The summed E-state index contributed by atoms with van der Waals surface area (Å²) in [6, 6.07) is 2.38. The van der Waals surface area contributed by atoms with E-state index in [1.165, 1.54) is 5.56 Å². The molecule has 1 aliphatic heterocycles. The molecule has 0 aliphatic carbocycles. The topological polar surface area (TPSA) is 56.7 Å². The molecule has 1 aliphatic rings. The number of carbonyl (C=O) groups is 1. The lowest BCUT2D eigenvalue weighted by molar-refractivity contribution is -0.133. The average Bonchev–Trinajstić information content (AvgIpc) is 3.13. The maximum atomic E-state index is 12.0. The highest BCUT2D eigenvalue weighted by molar-refractivity contribution is 7.07. The fourth-order valence-corrected chi connectivity index (χ4v) is 3.08. The molecule has 2 rings (SSSR count). The predicted molar refractivity (Wildman–Crippen MR) is 87.5 cm³/mol. The molecule has 1 amide bonds. The van der Waals surface area contributed by atoms with Gasteiger partial charge < -0.3 is 15.5 Å². The minimum atomic E-state index is 0.0692. The number of rotatable bonds is 4. The maximum Gasteiger partial charge on any atom is 0.225 e. The van der Waals surface area contributed by atoms with Crippen LogP contribution in [0.25, 0.3) is 0 Å². The Morgan fingerprint density at radius 1 is 1.57 bits per heavy atom. The molecule has 2 N–H and O–H groups in total. The summed E-state index contributed by atoms with van der Waals surface area (Å²) in [4.78, 5) is 18.2. The molecular formula is C15H24N4OS. The van der Waals surface area contributed by atoms with E-state index in [0.29, 0.717) is 0 Å². The van der Waals surface area contributed by atoms with Crippen molar-refractivity contribution in [3.05, 3.63) is 22.4 Å². The SMILES string of the molecule is CN=C(NCc1ccsc1)NC1CCN(C(=O)C(C)C)C1. The van der Waals surface area contributed by atoms with E-state index in [-0.39, 0.29) is 17.9 Å². The van der Waals surface area contributed by atoms with Crippen molar-refractivity contribution in [1.29, 1.82) is 0 Å². The van der Waals surface area contributed by atoms with E-state index >= 15 is 0 Å². The Labute approximate surface area is 130 Å². The second-order valence-electron chi connectivity index (χ2n) is 5.63. The highest BCUT2D eigenvalue weighted by Crippen LogP contribution is 2.12. The van der Waals surface area contributed by atoms with E-state index in [0.717, 1.165) is 32.0 Å². The number of amides is 1. The number of nitrogens with one attached hydrogen (secondary N) is 2. The molecule has 116 valence electrons. The Hall–Kier alpha value is -1.56. The third kappa shape index (κ3) is 4.46. The van der Waals surface area contributed by atoms with Crippen molar-refractivity contribution in [3.8, 4) is 0 Å². The quantitative estimate of drug-likeness (QED) is 0.657. The molecule has 0 aromatic carbocycles. The van der Waals surface area contributed by atoms with Gasteiger partial charge in [-0.1, -0.05) is 13.8 Å². The zero-order chi connectivity index (χ0) is 15.2. The van der Waals surface area contributed by atoms with Crippen LogP contribution in [-0.2, 0) is 11.3 Å². The van der Waals surface area contributed by atoms with Gasteiger partial charge >= 0.3 is 0 Å². The van der Waals surface area contributed by atoms with Crippen molar-refractivity contribution >= 4 is 23.2 Å². The summed E-state index contributed by atoms with van der Waals surface area (Å²) in [5, 5.41) is 10.9. The van der Waals surface area contributed by atoms with E-state index < -0.39 is 0 Å². The number of nitrogens with zero attached hydrogens (tertiary/aromatic N) is 2. The molecule has 1 saturated heterocycles. The van der Waals surface area contributed by atoms with Crippen LogP contribution in [0.5, 0.6) is 0 Å². The summed E-state index contributed by atoms with van der Waals surface area (Å²) in [7, 11) is 1.77. The van der Waals surface area contributed by atoms with Gasteiger partial charge in [0.1, 0.15) is 0 Å². The number of guanidine groups is 1. The zero-order valence-electron chi connectivity index (χ0n) is 12.9. The normalized spacial score (nSPS) is 19.1. The lowest BCUT2D eigenvalue weighted by atomic mass is 10.2. The van der Waals surface area contributed by atoms with Gasteiger partial charge in [-0.2, -0.15) is 11.3 Å². The van der Waals surface area contributed by atoms with E-state index in [1.54, 1.807) is 18.4 Å². The Morgan fingerprint density at radius 2 is 2.38 bits per heavy atom. The van der Waals surface area contributed by atoms with Crippen LogP contribution >= 0.6 is 11.3 Å². The molecule has 0 saturated carbocycles. The molecule has 6 heteroatoms. The molecule has 2 heterocycles. The number of hydrogen-bond donors (Lipinski definition) is 2. The van der Waals surface area contributed by atoms with Gasteiger partial charge in [-0.05, 0) is 28.8 Å². The molecule has 1 unspecified atom stereocenters. The van der Waals surface area contributed by atoms with Gasteiger partial charge in [0, 0.05) is 38.6 Å². The van der Waals surface area contributed by atoms with Crippen LogP contribution < -0.4 is 10.6 Å². The van der Waals surface area contributed by atoms with Crippen molar-refractivity contribution < 1.29 is 4.79 Å². The fourth-order valence-electron chi connectivity index (χ4n) is 2.41. The molecule has 1 aromatic heterocycles. The lowest BCUT2D eigenvalue weighted by Crippen LogP contribution is -2.45. The summed E-state index contributed by atoms with van der Waals surface area (Å²) in [6.45, 7) is 6.26. The first-order valence-corrected chi connectivity index (χ1v) is 8.31. The Kier molecular flexibility index (Phi) is 5.61. The summed E-state index contributed by atoms with van der Waals surface area (Å²) < 4.78 is 0. The first kappa shape index (κ1) is 15.8. The van der Waals surface area contributed by atoms with Crippen molar-refractivity contribution in [2.45, 2.75) is 32.9 Å². The first-order chi connectivity index (χ1) is 10.1. The van der Waals surface area contributed by atoms with Crippen LogP contribution in [0.1, 0.15) is 25.8 Å². The van der Waals surface area contributed by atoms with E-state index in [4.69, 9.17) is 0 Å². The van der Waals surface area contributed by atoms with Gasteiger partial charge in [0.2, 0.25) is 5.91 Å². The summed E-state index contributed by atoms with van der Waals surface area (Å²) in [6.07, 6.45) is 0.970. The molecule has 1 fully saturated rings. The largest absolute Gasteiger partial charge is 0.352 e. The third-order valence-corrected chi connectivity index (χ3v) is 4.33. The maximum absolute atomic E-state index is 12.0. The van der Waals surface area contributed by atoms with Crippen molar-refractivity contribution in [1.82, 2.24) is 15.5 Å². The zero-order valence-corrected chi connectivity index (χ0v) is 13.7. The smallest absolute Gasteiger partial charge is 0.225 e. The van der Waals surface area contributed by atoms with Gasteiger partial charge in [-0.25, -0.2) is 0 Å². The molecule has 21 heavy (non-hydrogen) atoms. The van der Waals surface area contributed by atoms with Crippen LogP contribution in [-0.4, -0.2) is 42.9 Å². The molecule has 0 spiro atoms. The van der Waals surface area contributed by atoms with E-state index in [2.05, 4.69) is 32.5 Å². The van der Waals surface area contributed by atoms with Crippen LogP contribution in [0.2, 0.25) is 0 Å². The van der Waals surface area contributed by atoms with Crippen molar-refractivity contribution in [2.24, 2.45) is 10.9 Å². The highest BCUT2D eigenvalue weighted by atomic mass is 32.1. The fraction of sp³-hybridized carbons (Fsp3) is 0.600. The summed E-state index contributed by atoms with van der Waals surface area (Å²) >= 11 is 1.69. The predicted octanol–water partition coefficient (Wildman–Crippen LogP) is 1.67. The van der Waals surface area contributed by atoms with Crippen LogP contribution in [0, 0.1) is 5.92 Å². The van der Waals surface area contributed by atoms with Gasteiger partial charge in [0.25, 0.3) is 0 Å². The molecular weight excluding hydrogens is 284 g/mol. The van der Waals surface area contributed by atoms with Gasteiger partial charge in [-0.15, -0.1) is 0 Å². The molecule has 0 bridgehead atoms. The molecule has 1 atom stereocenters. The van der Waals surface area contributed by atoms with E-state index in [1.807, 2.05) is 18.7 Å². The van der Waals surface area contributed by atoms with Gasteiger partial charge in [-0.3, -0.25) is 9.79 Å². The summed E-state index contributed by atoms with van der Waals surface area (Å²) in [5.41, 5.74) is 1.26. The van der Waals surface area contributed by atoms with Gasteiger partial charge in [0.15, 0.2) is 5.96 Å². The van der Waals surface area contributed by atoms with E-state index in [9.17, 15) is 4.79 Å². The Balaban J connectivity index is 1.79. The van der Waals surface area contributed by atoms with Crippen molar-refractivity contribution in [3.63, 3.8) is 0 Å². The third-order valence-electron chi connectivity index (χ3n) is 3.60. The number of likely N-dealkylation sites (tertiary alicyclic amines) is 1. The molecule has 5 nitrogen and oxygen atoms in total. The van der Waals surface area contributed by atoms with Gasteiger partial charge in [0.05, 0.1) is 0 Å². The summed E-state index contributed by atoms with van der Waals surface area (Å²) in [5.74, 6) is 1.10. The monoisotopic (exact) mass is 308 g/mol. The highest BCUT2D eigenvalue weighted by Gasteiger charge is 2.27. The van der Waals surface area contributed by atoms with Crippen molar-refractivity contribution in [2.75, 3.05) is 20.1 Å². The number of hydrogen-bond acceptors (Lipinski definition) is 3. The Morgan fingerprint density at radius 3 is 3.00 bits per heavy atom. The molecule has 1 aromatic rings. The van der Waals surface area contributed by atoms with Crippen LogP contribution in [0.3, 0.4) is 0 Å². The number of thiophene rings is 1. The standard InChI is InChI=1S/C15H24N4OS/c1-11(2)14(20)19-6-4-13(9-19)18-15(16-3)17-8-12-5-7-21-10-12/h5,7,10-11,13H,4,6,8-9H2,1-3H3,(H2,16,17,18). The lowest BCUT2D eigenvalue weighted by Gasteiger charge is -2.20. The first-order valence-electron chi connectivity index (χ1n) is 7.37. The Bertz CT molecular complexity index is 484. The number of carbonyl (C=O) groups excluding carboxylic acids is 1. The average molecular weight is 308 g/mol. The van der Waals surface area contributed by atoms with Crippen LogP contribution in [0.15, 0.2) is 21.8 Å². The minimum Gasteiger partial charge on any atom is -0.352 e. The second-order valence-corrected chi connectivity index (χ2v) is 6.41. The number of aliphatic imine (C=N–C) groups is 1.